The molecule has 19 heavy (non-hydrogen) atoms. The molecule has 0 aromatic carbocycles. The van der Waals surface area contributed by atoms with Crippen LogP contribution in [0, 0.1) is 5.92 Å². The van der Waals surface area contributed by atoms with E-state index in [4.69, 9.17) is 5.73 Å². The summed E-state index contributed by atoms with van der Waals surface area (Å²) in [5.41, 5.74) is 5.38. The molecule has 1 aliphatic rings. The van der Waals surface area contributed by atoms with Gasteiger partial charge in [-0.25, -0.2) is 8.42 Å². The van der Waals surface area contributed by atoms with Gasteiger partial charge in [0.05, 0.1) is 5.75 Å². The lowest BCUT2D eigenvalue weighted by Gasteiger charge is -2.39. The molecule has 2 N–H and O–H groups in total. The Kier molecular flexibility index (Phi) is 6.27. The molecule has 0 aromatic rings. The van der Waals surface area contributed by atoms with Gasteiger partial charge in [0.1, 0.15) is 0 Å². The quantitative estimate of drug-likeness (QED) is 0.783. The minimum atomic E-state index is -3.20. The summed E-state index contributed by atoms with van der Waals surface area (Å²) in [7, 11) is -3.20. The lowest BCUT2D eigenvalue weighted by molar-refractivity contribution is 0.211. The predicted molar refractivity (Wildman–Crippen MR) is 80.5 cm³/mol. The second-order valence-corrected chi connectivity index (χ2v) is 7.94. The molecule has 4 nitrogen and oxygen atoms in total. The van der Waals surface area contributed by atoms with Gasteiger partial charge < -0.3 is 5.73 Å². The fourth-order valence-corrected chi connectivity index (χ4v) is 5.46. The molecule has 1 fully saturated rings. The van der Waals surface area contributed by atoms with Gasteiger partial charge in [-0.05, 0) is 32.1 Å². The van der Waals surface area contributed by atoms with Crippen LogP contribution in [-0.2, 0) is 10.0 Å². The maximum Gasteiger partial charge on any atom is 0.214 e. The fourth-order valence-electron chi connectivity index (χ4n) is 3.08. The van der Waals surface area contributed by atoms with E-state index in [1.807, 2.05) is 20.8 Å². The van der Waals surface area contributed by atoms with Crippen LogP contribution in [0.3, 0.4) is 0 Å². The Morgan fingerprint density at radius 1 is 1.21 bits per heavy atom. The van der Waals surface area contributed by atoms with Crippen LogP contribution in [0.2, 0.25) is 0 Å². The van der Waals surface area contributed by atoms with Crippen molar-refractivity contribution < 1.29 is 8.42 Å². The van der Waals surface area contributed by atoms with Crippen LogP contribution in [-0.4, -0.2) is 37.1 Å². The van der Waals surface area contributed by atoms with Crippen LogP contribution in [0.25, 0.3) is 0 Å². The highest BCUT2D eigenvalue weighted by Gasteiger charge is 2.37. The number of likely N-dealkylation sites (N-methyl/N-ethyl adjacent to an activating group) is 1. The van der Waals surface area contributed by atoms with Crippen LogP contribution < -0.4 is 5.73 Å². The van der Waals surface area contributed by atoms with Crippen molar-refractivity contribution >= 4 is 10.0 Å². The zero-order valence-corrected chi connectivity index (χ0v) is 13.5. The first-order chi connectivity index (χ1) is 8.89. The van der Waals surface area contributed by atoms with Gasteiger partial charge in [0.25, 0.3) is 0 Å². The van der Waals surface area contributed by atoms with Gasteiger partial charge >= 0.3 is 0 Å². The highest BCUT2D eigenvalue weighted by atomic mass is 32.2. The van der Waals surface area contributed by atoms with Crippen molar-refractivity contribution in [3.63, 3.8) is 0 Å². The van der Waals surface area contributed by atoms with E-state index >= 15 is 0 Å². The molecule has 1 aliphatic carbocycles. The van der Waals surface area contributed by atoms with Gasteiger partial charge in [-0.15, -0.1) is 0 Å². The van der Waals surface area contributed by atoms with E-state index in [0.29, 0.717) is 24.8 Å². The van der Waals surface area contributed by atoms with Crippen LogP contribution >= 0.6 is 0 Å². The van der Waals surface area contributed by atoms with Gasteiger partial charge in [0.2, 0.25) is 10.0 Å². The second-order valence-electron chi connectivity index (χ2n) is 6.00. The Morgan fingerprint density at radius 3 is 2.21 bits per heavy atom. The summed E-state index contributed by atoms with van der Waals surface area (Å²) in [6.45, 7) is 6.75. The van der Waals surface area contributed by atoms with Crippen molar-refractivity contribution in [2.45, 2.75) is 64.8 Å². The Balaban J connectivity index is 2.82. The number of nitrogens with two attached hydrogens (primary N) is 1. The molecular formula is C14H30N2O2S. The summed E-state index contributed by atoms with van der Waals surface area (Å²) < 4.78 is 27.0. The van der Waals surface area contributed by atoms with Gasteiger partial charge in [-0.1, -0.05) is 33.1 Å². The van der Waals surface area contributed by atoms with Gasteiger partial charge in [-0.3, -0.25) is 0 Å². The third-order valence-corrected chi connectivity index (χ3v) is 6.86. The Bertz CT molecular complexity index is 358. The third-order valence-electron chi connectivity index (χ3n) is 4.60. The lowest BCUT2D eigenvalue weighted by Crippen LogP contribution is -2.54. The molecule has 5 heteroatoms. The summed E-state index contributed by atoms with van der Waals surface area (Å²) in [5, 5.41) is 0. The van der Waals surface area contributed by atoms with Gasteiger partial charge in [-0.2, -0.15) is 4.31 Å². The molecule has 0 saturated heterocycles. The molecule has 0 spiro atoms. The first-order valence-corrected chi connectivity index (χ1v) is 9.21. The molecule has 0 bridgehead atoms. The fraction of sp³-hybridized carbons (Fsp3) is 1.00. The second kappa shape index (κ2) is 7.04. The molecule has 114 valence electrons. The SMILES string of the molecule is CCN(C(C)(CC)CN)S(=O)(=O)CC1CCCCC1. The maximum absolute atomic E-state index is 12.7. The molecular weight excluding hydrogens is 260 g/mol. The zero-order valence-electron chi connectivity index (χ0n) is 12.7. The minimum Gasteiger partial charge on any atom is -0.329 e. The Morgan fingerprint density at radius 2 is 1.79 bits per heavy atom. The van der Waals surface area contributed by atoms with Crippen LogP contribution in [0.1, 0.15) is 59.3 Å². The summed E-state index contributed by atoms with van der Waals surface area (Å²) in [6, 6.07) is 0. The average molecular weight is 290 g/mol. The number of sulfonamides is 1. The van der Waals surface area contributed by atoms with E-state index in [2.05, 4.69) is 0 Å². The first-order valence-electron chi connectivity index (χ1n) is 7.60. The number of hydrogen-bond donors (Lipinski definition) is 1. The number of hydrogen-bond acceptors (Lipinski definition) is 3. The topological polar surface area (TPSA) is 63.4 Å². The van der Waals surface area contributed by atoms with E-state index in [1.54, 1.807) is 4.31 Å². The number of nitrogens with zero attached hydrogens (tertiary/aromatic N) is 1. The van der Waals surface area contributed by atoms with E-state index in [0.717, 1.165) is 19.3 Å². The van der Waals surface area contributed by atoms with E-state index in [1.165, 1.54) is 19.3 Å². The van der Waals surface area contributed by atoms with Crippen LogP contribution in [0.15, 0.2) is 0 Å². The molecule has 0 aromatic heterocycles. The summed E-state index contributed by atoms with van der Waals surface area (Å²) >= 11 is 0. The van der Waals surface area contributed by atoms with E-state index in [9.17, 15) is 8.42 Å². The molecule has 0 aliphatic heterocycles. The van der Waals surface area contributed by atoms with Crippen molar-refractivity contribution in [2.75, 3.05) is 18.8 Å². The van der Waals surface area contributed by atoms with E-state index in [-0.39, 0.29) is 0 Å². The Hall–Kier alpha value is -0.130. The summed E-state index contributed by atoms with van der Waals surface area (Å²) in [6.07, 6.45) is 6.47. The van der Waals surface area contributed by atoms with Crippen LogP contribution in [0.5, 0.6) is 0 Å². The zero-order chi connectivity index (χ0) is 14.5. The lowest BCUT2D eigenvalue weighted by atomic mass is 9.91. The standard InChI is InChI=1S/C14H30N2O2S/c1-4-14(3,12-15)16(5-2)19(17,18)11-13-9-7-6-8-10-13/h13H,4-12,15H2,1-3H3. The number of rotatable bonds is 7. The van der Waals surface area contributed by atoms with Crippen molar-refractivity contribution in [3.8, 4) is 0 Å². The van der Waals surface area contributed by atoms with Crippen molar-refractivity contribution in [1.82, 2.24) is 4.31 Å². The van der Waals surface area contributed by atoms with Gasteiger partial charge in [0.15, 0.2) is 0 Å². The minimum absolute atomic E-state index is 0.302. The molecule has 1 unspecified atom stereocenters. The highest BCUT2D eigenvalue weighted by Crippen LogP contribution is 2.28. The summed E-state index contributed by atoms with van der Waals surface area (Å²) in [4.78, 5) is 0. The van der Waals surface area contributed by atoms with Crippen molar-refractivity contribution in [3.05, 3.63) is 0 Å². The molecule has 0 amide bonds. The highest BCUT2D eigenvalue weighted by molar-refractivity contribution is 7.89. The third kappa shape index (κ3) is 4.17. The average Bonchev–Trinajstić information content (AvgIpc) is 2.39. The smallest absolute Gasteiger partial charge is 0.214 e. The molecule has 0 radical (unpaired) electrons. The van der Waals surface area contributed by atoms with Crippen molar-refractivity contribution in [2.24, 2.45) is 11.7 Å². The first kappa shape index (κ1) is 16.9. The maximum atomic E-state index is 12.7. The van der Waals surface area contributed by atoms with Crippen molar-refractivity contribution in [1.29, 1.82) is 0 Å². The van der Waals surface area contributed by atoms with E-state index < -0.39 is 15.6 Å². The van der Waals surface area contributed by atoms with Crippen LogP contribution in [0.4, 0.5) is 0 Å². The predicted octanol–water partition coefficient (Wildman–Crippen LogP) is 2.35. The normalized spacial score (nSPS) is 21.5. The molecule has 1 atom stereocenters. The monoisotopic (exact) mass is 290 g/mol. The summed E-state index contributed by atoms with van der Waals surface area (Å²) in [5.74, 6) is 0.642. The van der Waals surface area contributed by atoms with Gasteiger partial charge in [0, 0.05) is 18.6 Å². The molecule has 0 heterocycles. The largest absolute Gasteiger partial charge is 0.329 e. The molecule has 1 rings (SSSR count). The molecule has 1 saturated carbocycles. The Labute approximate surface area is 118 Å².